The lowest BCUT2D eigenvalue weighted by molar-refractivity contribution is 0.290. The Balaban J connectivity index is 1.43. The summed E-state index contributed by atoms with van der Waals surface area (Å²) in [7, 11) is 0. The molecule has 29 heavy (non-hydrogen) atoms. The number of hydrogen-bond acceptors (Lipinski definition) is 6. The quantitative estimate of drug-likeness (QED) is 0.305. The molecule has 1 aromatic carbocycles. The van der Waals surface area contributed by atoms with Crippen LogP contribution in [0, 0.1) is 5.92 Å². The van der Waals surface area contributed by atoms with Crippen LogP contribution in [0.25, 0.3) is 27.8 Å². The molecule has 1 fully saturated rings. The third-order valence-corrected chi connectivity index (χ3v) is 6.05. The third kappa shape index (κ3) is 3.69. The Bertz CT molecular complexity index is 1160. The number of aromatic amines is 1. The first-order valence-electron chi connectivity index (χ1n) is 9.58. The number of hydrogen-bond donors (Lipinski definition) is 3. The fraction of sp³-hybridized carbons (Fsp3) is 0.300. The van der Waals surface area contributed by atoms with Gasteiger partial charge in [0.25, 0.3) is 0 Å². The molecule has 0 saturated heterocycles. The molecule has 3 heterocycles. The molecule has 4 N–H and O–H groups in total. The van der Waals surface area contributed by atoms with Crippen LogP contribution in [0.5, 0.6) is 0 Å². The smallest absolute Gasteiger partial charge is 0.157 e. The van der Waals surface area contributed by atoms with E-state index in [1.54, 1.807) is 0 Å². The fourth-order valence-electron chi connectivity index (χ4n) is 4.14. The monoisotopic (exact) mass is 428 g/mol. The largest absolute Gasteiger partial charge is 0.367 e. The summed E-state index contributed by atoms with van der Waals surface area (Å²) in [6.45, 7) is 0.695. The molecule has 9 heteroatoms. The van der Waals surface area contributed by atoms with Crippen LogP contribution in [0.15, 0.2) is 42.7 Å². The summed E-state index contributed by atoms with van der Waals surface area (Å²) in [5.41, 5.74) is 3.70. The van der Waals surface area contributed by atoms with Crippen molar-refractivity contribution in [1.82, 2.24) is 19.6 Å². The first kappa shape index (κ1) is 18.7. The first-order valence-corrected chi connectivity index (χ1v) is 10.8. The first-order chi connectivity index (χ1) is 14.2. The standard InChI is InChI=1S/C20H21ClN6OS/c21-13-2-4-17-15(8-13)16(10-24-17)18-9-20-23-6-5-19(27(20)26-18)25-14-3-1-12(7-14)11-28-29-22/h2,4-6,8-10,12,14,24-25H,1,3,7,11,22H2. The Kier molecular flexibility index (Phi) is 5.09. The maximum absolute atomic E-state index is 6.20. The minimum absolute atomic E-state index is 0.386. The summed E-state index contributed by atoms with van der Waals surface area (Å²) in [5.74, 6) is 1.48. The molecule has 4 aromatic rings. The van der Waals surface area contributed by atoms with Crippen LogP contribution in [0.2, 0.25) is 5.02 Å². The van der Waals surface area contributed by atoms with E-state index in [1.807, 2.05) is 47.2 Å². The Labute approximate surface area is 177 Å². The van der Waals surface area contributed by atoms with Crippen molar-refractivity contribution in [1.29, 1.82) is 0 Å². The molecule has 150 valence electrons. The van der Waals surface area contributed by atoms with Crippen molar-refractivity contribution >= 4 is 46.2 Å². The van der Waals surface area contributed by atoms with E-state index >= 15 is 0 Å². The highest BCUT2D eigenvalue weighted by molar-refractivity contribution is 7.92. The molecule has 0 spiro atoms. The SMILES string of the molecule is NSOCC1CCC(Nc2ccnc3cc(-c4c[nH]c5ccc(Cl)cc45)nn23)C1. The molecule has 2 atom stereocenters. The summed E-state index contributed by atoms with van der Waals surface area (Å²) in [6.07, 6.45) is 7.07. The number of aromatic nitrogens is 4. The van der Waals surface area contributed by atoms with E-state index in [0.717, 1.165) is 65.1 Å². The normalized spacial score (nSPS) is 19.4. The Hall–Kier alpha value is -2.26. The van der Waals surface area contributed by atoms with Gasteiger partial charge in [0.2, 0.25) is 0 Å². The van der Waals surface area contributed by atoms with Gasteiger partial charge in [-0.3, -0.25) is 5.14 Å². The van der Waals surface area contributed by atoms with E-state index in [9.17, 15) is 0 Å². The lowest BCUT2D eigenvalue weighted by Crippen LogP contribution is -2.18. The van der Waals surface area contributed by atoms with Gasteiger partial charge >= 0.3 is 0 Å². The number of nitrogens with one attached hydrogen (secondary N) is 2. The molecule has 0 radical (unpaired) electrons. The minimum Gasteiger partial charge on any atom is -0.367 e. The van der Waals surface area contributed by atoms with Crippen molar-refractivity contribution in [3.8, 4) is 11.3 Å². The molecule has 0 bridgehead atoms. The van der Waals surface area contributed by atoms with Crippen LogP contribution in [0.1, 0.15) is 19.3 Å². The molecule has 0 amide bonds. The van der Waals surface area contributed by atoms with Crippen LogP contribution in [-0.4, -0.2) is 32.2 Å². The molecule has 0 aliphatic heterocycles. The van der Waals surface area contributed by atoms with Crippen molar-refractivity contribution in [3.63, 3.8) is 0 Å². The van der Waals surface area contributed by atoms with Gasteiger partial charge in [0.05, 0.1) is 24.5 Å². The van der Waals surface area contributed by atoms with Crippen molar-refractivity contribution in [3.05, 3.63) is 47.7 Å². The number of halogens is 1. The van der Waals surface area contributed by atoms with E-state index in [2.05, 4.69) is 15.3 Å². The number of rotatable bonds is 6. The second-order valence-corrected chi connectivity index (χ2v) is 8.29. The second-order valence-electron chi connectivity index (χ2n) is 7.42. The van der Waals surface area contributed by atoms with Gasteiger partial charge in [-0.15, -0.1) is 0 Å². The van der Waals surface area contributed by atoms with Gasteiger partial charge in [0, 0.05) is 46.0 Å². The Morgan fingerprint density at radius 2 is 2.24 bits per heavy atom. The molecule has 1 saturated carbocycles. The van der Waals surface area contributed by atoms with Gasteiger partial charge in [0.15, 0.2) is 5.65 Å². The second kappa shape index (κ2) is 7.87. The van der Waals surface area contributed by atoms with E-state index < -0.39 is 0 Å². The van der Waals surface area contributed by atoms with Gasteiger partial charge in [-0.05, 0) is 49.4 Å². The van der Waals surface area contributed by atoms with E-state index in [1.165, 1.54) is 0 Å². The highest BCUT2D eigenvalue weighted by atomic mass is 35.5. The zero-order chi connectivity index (χ0) is 19.8. The molecule has 5 rings (SSSR count). The van der Waals surface area contributed by atoms with Crippen LogP contribution in [0.4, 0.5) is 5.82 Å². The summed E-state index contributed by atoms with van der Waals surface area (Å²) < 4.78 is 7.17. The molecular weight excluding hydrogens is 408 g/mol. The summed E-state index contributed by atoms with van der Waals surface area (Å²) in [6, 6.07) is 10.2. The maximum atomic E-state index is 6.20. The van der Waals surface area contributed by atoms with Gasteiger partial charge in [-0.1, -0.05) is 11.6 Å². The van der Waals surface area contributed by atoms with Crippen LogP contribution in [-0.2, 0) is 4.18 Å². The number of anilines is 1. The maximum Gasteiger partial charge on any atom is 0.157 e. The van der Waals surface area contributed by atoms with Crippen LogP contribution >= 0.6 is 23.8 Å². The molecule has 1 aliphatic rings. The zero-order valence-corrected chi connectivity index (χ0v) is 17.2. The van der Waals surface area contributed by atoms with Crippen molar-refractivity contribution in [2.75, 3.05) is 11.9 Å². The van der Waals surface area contributed by atoms with Crippen molar-refractivity contribution < 1.29 is 4.18 Å². The topological polar surface area (TPSA) is 93.3 Å². The average Bonchev–Trinajstić information content (AvgIpc) is 3.44. The Morgan fingerprint density at radius 3 is 3.14 bits per heavy atom. The molecule has 7 nitrogen and oxygen atoms in total. The molecule has 1 aliphatic carbocycles. The van der Waals surface area contributed by atoms with Crippen LogP contribution < -0.4 is 10.5 Å². The number of benzene rings is 1. The van der Waals surface area contributed by atoms with Crippen molar-refractivity contribution in [2.45, 2.75) is 25.3 Å². The minimum atomic E-state index is 0.386. The summed E-state index contributed by atoms with van der Waals surface area (Å²) in [5, 5.41) is 15.6. The number of H-pyrrole nitrogens is 1. The number of fused-ring (bicyclic) bond motifs is 2. The van der Waals surface area contributed by atoms with Gasteiger partial charge in [0.1, 0.15) is 5.82 Å². The lowest BCUT2D eigenvalue weighted by atomic mass is 10.1. The summed E-state index contributed by atoms with van der Waals surface area (Å²) in [4.78, 5) is 7.77. The summed E-state index contributed by atoms with van der Waals surface area (Å²) >= 11 is 7.14. The van der Waals surface area contributed by atoms with E-state index in [0.29, 0.717) is 23.6 Å². The van der Waals surface area contributed by atoms with E-state index in [4.69, 9.17) is 26.0 Å². The zero-order valence-electron chi connectivity index (χ0n) is 15.6. The van der Waals surface area contributed by atoms with Gasteiger partial charge < -0.3 is 14.5 Å². The van der Waals surface area contributed by atoms with E-state index in [-0.39, 0.29) is 0 Å². The fourth-order valence-corrected chi connectivity index (χ4v) is 4.59. The predicted octanol–water partition coefficient (Wildman–Crippen LogP) is 4.65. The Morgan fingerprint density at radius 1 is 1.31 bits per heavy atom. The number of nitrogens with zero attached hydrogens (tertiary/aromatic N) is 3. The molecular formula is C20H21ClN6OS. The van der Waals surface area contributed by atoms with Crippen LogP contribution in [0.3, 0.4) is 0 Å². The highest BCUT2D eigenvalue weighted by Gasteiger charge is 2.25. The highest BCUT2D eigenvalue weighted by Crippen LogP contribution is 2.32. The molecule has 3 aromatic heterocycles. The predicted molar refractivity (Wildman–Crippen MR) is 118 cm³/mol. The van der Waals surface area contributed by atoms with Crippen molar-refractivity contribution in [2.24, 2.45) is 11.1 Å². The number of nitrogens with two attached hydrogens (primary N) is 1. The van der Waals surface area contributed by atoms with Gasteiger partial charge in [-0.2, -0.15) is 9.61 Å². The lowest BCUT2D eigenvalue weighted by Gasteiger charge is -2.15. The molecule has 2 unspecified atom stereocenters. The average molecular weight is 429 g/mol. The third-order valence-electron chi connectivity index (χ3n) is 5.54. The van der Waals surface area contributed by atoms with Gasteiger partial charge in [-0.25, -0.2) is 4.98 Å².